The summed E-state index contributed by atoms with van der Waals surface area (Å²) in [5.41, 5.74) is 0.718. The third kappa shape index (κ3) is 3.13. The first kappa shape index (κ1) is 13.1. The summed E-state index contributed by atoms with van der Waals surface area (Å²) in [5, 5.41) is 14.3. The Labute approximate surface area is 111 Å². The summed E-state index contributed by atoms with van der Waals surface area (Å²) in [7, 11) is 0. The predicted octanol–water partition coefficient (Wildman–Crippen LogP) is 4.24. The van der Waals surface area contributed by atoms with Gasteiger partial charge in [-0.25, -0.2) is 0 Å². The van der Waals surface area contributed by atoms with Crippen LogP contribution in [0.3, 0.4) is 0 Å². The summed E-state index contributed by atoms with van der Waals surface area (Å²) in [6.45, 7) is 2.11. The fraction of sp³-hybridized carbons (Fsp3) is 0.538. The van der Waals surface area contributed by atoms with Crippen LogP contribution in [0.2, 0.25) is 5.02 Å². The van der Waals surface area contributed by atoms with E-state index in [4.69, 9.17) is 11.6 Å². The van der Waals surface area contributed by atoms with Crippen LogP contribution in [0.25, 0.3) is 0 Å². The van der Waals surface area contributed by atoms with E-state index in [9.17, 15) is 10.1 Å². The number of halogens is 1. The third-order valence-corrected chi connectivity index (χ3v) is 3.79. The van der Waals surface area contributed by atoms with Gasteiger partial charge in [0.25, 0.3) is 5.69 Å². The second-order valence-corrected chi connectivity index (χ2v) is 5.41. The average Bonchev–Trinajstić information content (AvgIpc) is 2.26. The summed E-state index contributed by atoms with van der Waals surface area (Å²) < 4.78 is 0. The monoisotopic (exact) mass is 268 g/mol. The highest BCUT2D eigenvalue weighted by molar-refractivity contribution is 6.32. The van der Waals surface area contributed by atoms with Crippen molar-refractivity contribution in [3.8, 4) is 0 Å². The van der Waals surface area contributed by atoms with Gasteiger partial charge in [-0.3, -0.25) is 10.1 Å². The van der Waals surface area contributed by atoms with E-state index in [2.05, 4.69) is 12.2 Å². The van der Waals surface area contributed by atoms with Crippen molar-refractivity contribution in [2.75, 3.05) is 5.32 Å². The fourth-order valence-electron chi connectivity index (χ4n) is 2.31. The first-order valence-electron chi connectivity index (χ1n) is 6.26. The van der Waals surface area contributed by atoms with Gasteiger partial charge in [0.1, 0.15) is 5.02 Å². The van der Waals surface area contributed by atoms with Crippen molar-refractivity contribution < 1.29 is 4.92 Å². The summed E-state index contributed by atoms with van der Waals surface area (Å²) in [5.74, 6) is 0.815. The summed E-state index contributed by atoms with van der Waals surface area (Å²) in [4.78, 5) is 10.3. The molecule has 4 nitrogen and oxygen atoms in total. The molecule has 5 heteroatoms. The fourth-order valence-corrected chi connectivity index (χ4v) is 2.50. The lowest BCUT2D eigenvalue weighted by molar-refractivity contribution is -0.384. The Morgan fingerprint density at radius 2 is 2.28 bits per heavy atom. The topological polar surface area (TPSA) is 55.2 Å². The van der Waals surface area contributed by atoms with Crippen molar-refractivity contribution in [3.63, 3.8) is 0 Å². The number of nitrogens with zero attached hydrogens (tertiary/aromatic N) is 1. The molecule has 2 rings (SSSR count). The van der Waals surface area contributed by atoms with E-state index in [1.807, 2.05) is 0 Å². The highest BCUT2D eigenvalue weighted by atomic mass is 35.5. The zero-order chi connectivity index (χ0) is 13.1. The van der Waals surface area contributed by atoms with Gasteiger partial charge in [-0.15, -0.1) is 0 Å². The van der Waals surface area contributed by atoms with Gasteiger partial charge >= 0.3 is 0 Å². The lowest BCUT2D eigenvalue weighted by Gasteiger charge is -2.28. The van der Waals surface area contributed by atoms with Crippen molar-refractivity contribution >= 4 is 23.0 Å². The lowest BCUT2D eigenvalue weighted by Crippen LogP contribution is -2.23. The first-order chi connectivity index (χ1) is 8.56. The molecular weight excluding hydrogens is 252 g/mol. The minimum atomic E-state index is -0.454. The molecule has 1 aliphatic carbocycles. The Morgan fingerprint density at radius 3 is 2.83 bits per heavy atom. The Kier molecular flexibility index (Phi) is 4.07. The lowest BCUT2D eigenvalue weighted by atomic mass is 9.81. The van der Waals surface area contributed by atoms with Crippen molar-refractivity contribution in [3.05, 3.63) is 33.3 Å². The average molecular weight is 269 g/mol. The Hall–Kier alpha value is -1.29. The van der Waals surface area contributed by atoms with Gasteiger partial charge in [0.05, 0.1) is 4.92 Å². The van der Waals surface area contributed by atoms with Crippen LogP contribution in [0, 0.1) is 16.0 Å². The highest BCUT2D eigenvalue weighted by Gasteiger charge is 2.20. The molecule has 98 valence electrons. The van der Waals surface area contributed by atoms with Gasteiger partial charge in [0.15, 0.2) is 0 Å². The number of anilines is 1. The quantitative estimate of drug-likeness (QED) is 0.642. The van der Waals surface area contributed by atoms with E-state index in [0.29, 0.717) is 6.04 Å². The van der Waals surface area contributed by atoms with Crippen LogP contribution in [-0.4, -0.2) is 11.0 Å². The smallest absolute Gasteiger partial charge is 0.289 e. The van der Waals surface area contributed by atoms with E-state index in [-0.39, 0.29) is 10.7 Å². The van der Waals surface area contributed by atoms with Crippen molar-refractivity contribution in [2.24, 2.45) is 5.92 Å². The van der Waals surface area contributed by atoms with Crippen molar-refractivity contribution in [2.45, 2.75) is 38.6 Å². The number of rotatable bonds is 5. The summed E-state index contributed by atoms with van der Waals surface area (Å²) in [6, 6.07) is 5.18. The maximum Gasteiger partial charge on any atom is 0.289 e. The molecule has 1 aliphatic rings. The van der Waals surface area contributed by atoms with Crippen LogP contribution in [-0.2, 0) is 0 Å². The molecule has 1 fully saturated rings. The SMILES string of the molecule is CC(CC1CCC1)Nc1ccc(Cl)c([N+](=O)[O-])c1. The van der Waals surface area contributed by atoms with Crippen LogP contribution in [0.1, 0.15) is 32.6 Å². The second-order valence-electron chi connectivity index (χ2n) is 5.00. The van der Waals surface area contributed by atoms with Gasteiger partial charge in [0, 0.05) is 17.8 Å². The molecule has 1 N–H and O–H groups in total. The Bertz CT molecular complexity index is 447. The molecule has 0 aliphatic heterocycles. The maximum atomic E-state index is 10.8. The normalized spacial score (nSPS) is 17.0. The first-order valence-corrected chi connectivity index (χ1v) is 6.64. The Balaban J connectivity index is 1.99. The minimum Gasteiger partial charge on any atom is -0.382 e. The summed E-state index contributed by atoms with van der Waals surface area (Å²) in [6.07, 6.45) is 5.08. The number of nitro benzene ring substituents is 1. The van der Waals surface area contributed by atoms with Gasteiger partial charge in [-0.1, -0.05) is 30.9 Å². The standard InChI is InChI=1S/C13H17ClN2O2/c1-9(7-10-3-2-4-10)15-11-5-6-12(14)13(8-11)16(17)18/h5-6,8-10,15H,2-4,7H2,1H3. The van der Waals surface area contributed by atoms with E-state index < -0.39 is 4.92 Å². The Morgan fingerprint density at radius 1 is 1.56 bits per heavy atom. The van der Waals surface area contributed by atoms with Crippen molar-refractivity contribution in [1.82, 2.24) is 0 Å². The highest BCUT2D eigenvalue weighted by Crippen LogP contribution is 2.32. The molecule has 1 unspecified atom stereocenters. The molecule has 0 heterocycles. The molecule has 1 saturated carbocycles. The molecular formula is C13H17ClN2O2. The molecule has 0 saturated heterocycles. The number of hydrogen-bond donors (Lipinski definition) is 1. The van der Waals surface area contributed by atoms with Crippen LogP contribution >= 0.6 is 11.6 Å². The number of hydrogen-bond acceptors (Lipinski definition) is 3. The van der Waals surface area contributed by atoms with Crippen LogP contribution < -0.4 is 5.32 Å². The molecule has 1 aromatic rings. The largest absolute Gasteiger partial charge is 0.382 e. The number of nitrogens with one attached hydrogen (secondary N) is 1. The second kappa shape index (κ2) is 5.57. The third-order valence-electron chi connectivity index (χ3n) is 3.47. The molecule has 1 atom stereocenters. The molecule has 0 radical (unpaired) electrons. The zero-order valence-electron chi connectivity index (χ0n) is 10.4. The van der Waals surface area contributed by atoms with E-state index in [1.165, 1.54) is 25.3 Å². The maximum absolute atomic E-state index is 10.8. The van der Waals surface area contributed by atoms with Crippen LogP contribution in [0.4, 0.5) is 11.4 Å². The molecule has 0 bridgehead atoms. The van der Waals surface area contributed by atoms with Crippen LogP contribution in [0.15, 0.2) is 18.2 Å². The summed E-state index contributed by atoms with van der Waals surface area (Å²) >= 11 is 5.77. The molecule has 0 spiro atoms. The molecule has 0 amide bonds. The van der Waals surface area contributed by atoms with Gasteiger partial charge < -0.3 is 5.32 Å². The van der Waals surface area contributed by atoms with Crippen molar-refractivity contribution in [1.29, 1.82) is 0 Å². The van der Waals surface area contributed by atoms with E-state index >= 15 is 0 Å². The van der Waals surface area contributed by atoms with Gasteiger partial charge in [-0.05, 0) is 31.4 Å². The van der Waals surface area contributed by atoms with E-state index in [1.54, 1.807) is 12.1 Å². The minimum absolute atomic E-state index is 0.0440. The van der Waals surface area contributed by atoms with Gasteiger partial charge in [-0.2, -0.15) is 0 Å². The zero-order valence-corrected chi connectivity index (χ0v) is 11.1. The van der Waals surface area contributed by atoms with Crippen LogP contribution in [0.5, 0.6) is 0 Å². The molecule has 18 heavy (non-hydrogen) atoms. The number of nitro groups is 1. The predicted molar refractivity (Wildman–Crippen MR) is 73.1 cm³/mol. The number of benzene rings is 1. The van der Waals surface area contributed by atoms with E-state index in [0.717, 1.165) is 18.0 Å². The van der Waals surface area contributed by atoms with Gasteiger partial charge in [0.2, 0.25) is 0 Å². The molecule has 1 aromatic carbocycles. The molecule has 0 aromatic heterocycles.